The van der Waals surface area contributed by atoms with Crippen molar-refractivity contribution in [3.63, 3.8) is 0 Å². The second kappa shape index (κ2) is 8.28. The Morgan fingerprint density at radius 1 is 1.14 bits per heavy atom. The standard InChI is InChI=1S/C13H22N2O6S/c1-9-11(13(16)20-4)12(10(2)21-9)22(17,18)15-6-5-14-7-8-19-3/h14-15H,5-8H2,1-4H3. The van der Waals surface area contributed by atoms with E-state index in [1.165, 1.54) is 21.0 Å². The molecule has 1 rings (SSSR count). The molecule has 0 saturated carbocycles. The zero-order valence-corrected chi connectivity index (χ0v) is 14.0. The Bertz CT molecular complexity index is 608. The Morgan fingerprint density at radius 3 is 2.41 bits per heavy atom. The number of methoxy groups -OCH3 is 2. The summed E-state index contributed by atoms with van der Waals surface area (Å²) in [6, 6.07) is 0. The van der Waals surface area contributed by atoms with Crippen LogP contribution in [-0.4, -0.2) is 54.8 Å². The van der Waals surface area contributed by atoms with Gasteiger partial charge in [-0.3, -0.25) is 0 Å². The molecule has 2 N–H and O–H groups in total. The lowest BCUT2D eigenvalue weighted by molar-refractivity contribution is 0.0595. The van der Waals surface area contributed by atoms with Crippen molar-refractivity contribution in [2.75, 3.05) is 40.5 Å². The van der Waals surface area contributed by atoms with Crippen LogP contribution >= 0.6 is 0 Å². The van der Waals surface area contributed by atoms with Crippen LogP contribution in [0.15, 0.2) is 9.31 Å². The Kier molecular flexibility index (Phi) is 7.01. The lowest BCUT2D eigenvalue weighted by Gasteiger charge is -2.08. The van der Waals surface area contributed by atoms with E-state index in [4.69, 9.17) is 9.15 Å². The Labute approximate surface area is 130 Å². The number of rotatable bonds is 9. The van der Waals surface area contributed by atoms with Gasteiger partial charge < -0.3 is 19.2 Å². The number of hydrogen-bond acceptors (Lipinski definition) is 7. The highest BCUT2D eigenvalue weighted by atomic mass is 32.2. The van der Waals surface area contributed by atoms with Gasteiger partial charge in [-0.1, -0.05) is 0 Å². The highest BCUT2D eigenvalue weighted by Gasteiger charge is 2.31. The maximum Gasteiger partial charge on any atom is 0.342 e. The topological polar surface area (TPSA) is 107 Å². The molecular formula is C13H22N2O6S. The number of hydrogen-bond donors (Lipinski definition) is 2. The van der Waals surface area contributed by atoms with Crippen LogP contribution in [0.2, 0.25) is 0 Å². The number of esters is 1. The number of furan rings is 1. The maximum atomic E-state index is 12.4. The molecule has 9 heteroatoms. The molecule has 0 aliphatic heterocycles. The number of carbonyl (C=O) groups is 1. The predicted octanol–water partition coefficient (Wildman–Crippen LogP) is 0.197. The number of sulfonamides is 1. The van der Waals surface area contributed by atoms with Crippen LogP contribution in [0.1, 0.15) is 21.9 Å². The summed E-state index contributed by atoms with van der Waals surface area (Å²) in [5, 5.41) is 3.01. The molecule has 1 heterocycles. The minimum absolute atomic E-state index is 0.0696. The summed E-state index contributed by atoms with van der Waals surface area (Å²) < 4.78 is 41.9. The summed E-state index contributed by atoms with van der Waals surface area (Å²) in [6.45, 7) is 4.78. The zero-order valence-electron chi connectivity index (χ0n) is 13.2. The average Bonchev–Trinajstić information content (AvgIpc) is 2.77. The molecule has 0 aliphatic carbocycles. The molecule has 0 radical (unpaired) electrons. The van der Waals surface area contributed by atoms with Gasteiger partial charge in [-0.15, -0.1) is 0 Å². The van der Waals surface area contributed by atoms with Gasteiger partial charge in [0.15, 0.2) is 0 Å². The van der Waals surface area contributed by atoms with Gasteiger partial charge in [-0.25, -0.2) is 17.9 Å². The SMILES string of the molecule is COCCNCCNS(=O)(=O)c1c(C)oc(C)c1C(=O)OC. The highest BCUT2D eigenvalue weighted by molar-refractivity contribution is 7.89. The summed E-state index contributed by atoms with van der Waals surface area (Å²) in [5.41, 5.74) is -0.0696. The fraction of sp³-hybridized carbons (Fsp3) is 0.615. The first-order chi connectivity index (χ1) is 10.3. The van der Waals surface area contributed by atoms with Gasteiger partial charge in [0.25, 0.3) is 0 Å². The molecule has 0 aromatic carbocycles. The summed E-state index contributed by atoms with van der Waals surface area (Å²) in [5.74, 6) is -0.381. The van der Waals surface area contributed by atoms with E-state index in [9.17, 15) is 13.2 Å². The average molecular weight is 334 g/mol. The predicted molar refractivity (Wildman–Crippen MR) is 79.5 cm³/mol. The smallest absolute Gasteiger partial charge is 0.342 e. The van der Waals surface area contributed by atoms with Crippen molar-refractivity contribution in [1.82, 2.24) is 10.0 Å². The molecular weight excluding hydrogens is 312 g/mol. The van der Waals surface area contributed by atoms with Crippen molar-refractivity contribution >= 4 is 16.0 Å². The van der Waals surface area contributed by atoms with Crippen molar-refractivity contribution in [2.24, 2.45) is 0 Å². The molecule has 1 aromatic rings. The van der Waals surface area contributed by atoms with E-state index in [1.54, 1.807) is 7.11 Å². The first-order valence-electron chi connectivity index (χ1n) is 6.72. The molecule has 0 amide bonds. The van der Waals surface area contributed by atoms with Gasteiger partial charge in [0.1, 0.15) is 22.0 Å². The van der Waals surface area contributed by atoms with E-state index in [1.807, 2.05) is 0 Å². The highest BCUT2D eigenvalue weighted by Crippen LogP contribution is 2.26. The van der Waals surface area contributed by atoms with Gasteiger partial charge in [0, 0.05) is 26.7 Å². The minimum atomic E-state index is -3.86. The fourth-order valence-electron chi connectivity index (χ4n) is 1.97. The van der Waals surface area contributed by atoms with Crippen LogP contribution in [0, 0.1) is 13.8 Å². The van der Waals surface area contributed by atoms with Crippen LogP contribution < -0.4 is 10.0 Å². The lowest BCUT2D eigenvalue weighted by Crippen LogP contribution is -2.33. The molecule has 22 heavy (non-hydrogen) atoms. The number of nitrogens with one attached hydrogen (secondary N) is 2. The summed E-state index contributed by atoms with van der Waals surface area (Å²) >= 11 is 0. The summed E-state index contributed by atoms with van der Waals surface area (Å²) in [7, 11) is -1.09. The lowest BCUT2D eigenvalue weighted by atomic mass is 10.2. The van der Waals surface area contributed by atoms with Crippen LogP contribution in [0.4, 0.5) is 0 Å². The molecule has 0 aliphatic rings. The van der Waals surface area contributed by atoms with Crippen molar-refractivity contribution in [3.05, 3.63) is 17.1 Å². The van der Waals surface area contributed by atoms with E-state index < -0.39 is 16.0 Å². The summed E-state index contributed by atoms with van der Waals surface area (Å²) in [6.07, 6.45) is 0. The van der Waals surface area contributed by atoms with E-state index >= 15 is 0 Å². The fourth-order valence-corrected chi connectivity index (χ4v) is 3.40. The second-order valence-electron chi connectivity index (χ2n) is 4.55. The molecule has 0 unspecified atom stereocenters. The molecule has 0 bridgehead atoms. The molecule has 0 fully saturated rings. The van der Waals surface area contributed by atoms with E-state index in [0.29, 0.717) is 19.7 Å². The van der Waals surface area contributed by atoms with Gasteiger partial charge in [0.2, 0.25) is 10.0 Å². The van der Waals surface area contributed by atoms with Crippen molar-refractivity contribution in [1.29, 1.82) is 0 Å². The van der Waals surface area contributed by atoms with Crippen LogP contribution in [0.3, 0.4) is 0 Å². The minimum Gasteiger partial charge on any atom is -0.465 e. The van der Waals surface area contributed by atoms with Gasteiger partial charge in [0.05, 0.1) is 13.7 Å². The molecule has 126 valence electrons. The van der Waals surface area contributed by atoms with E-state index in [-0.39, 0.29) is 28.5 Å². The molecule has 0 spiro atoms. The van der Waals surface area contributed by atoms with Gasteiger partial charge in [-0.05, 0) is 13.8 Å². The van der Waals surface area contributed by atoms with Gasteiger partial charge in [-0.2, -0.15) is 0 Å². The monoisotopic (exact) mass is 334 g/mol. The zero-order chi connectivity index (χ0) is 16.8. The van der Waals surface area contributed by atoms with Crippen LogP contribution in [0.25, 0.3) is 0 Å². The van der Waals surface area contributed by atoms with E-state index in [0.717, 1.165) is 0 Å². The Balaban J connectivity index is 2.83. The molecule has 0 atom stereocenters. The third kappa shape index (κ3) is 4.54. The first kappa shape index (κ1) is 18.6. The third-order valence-corrected chi connectivity index (χ3v) is 4.55. The molecule has 8 nitrogen and oxygen atoms in total. The Morgan fingerprint density at radius 2 is 1.82 bits per heavy atom. The number of carbonyl (C=O) groups excluding carboxylic acids is 1. The maximum absolute atomic E-state index is 12.4. The van der Waals surface area contributed by atoms with Crippen molar-refractivity contribution in [2.45, 2.75) is 18.7 Å². The quantitative estimate of drug-likeness (QED) is 0.490. The van der Waals surface area contributed by atoms with E-state index in [2.05, 4.69) is 14.8 Å². The number of ether oxygens (including phenoxy) is 2. The number of aryl methyl sites for hydroxylation is 2. The van der Waals surface area contributed by atoms with Gasteiger partial charge >= 0.3 is 5.97 Å². The molecule has 0 saturated heterocycles. The first-order valence-corrected chi connectivity index (χ1v) is 8.21. The molecule has 1 aromatic heterocycles. The Hall–Kier alpha value is -1.42. The second-order valence-corrected chi connectivity index (χ2v) is 6.25. The van der Waals surface area contributed by atoms with Crippen LogP contribution in [0.5, 0.6) is 0 Å². The van der Waals surface area contributed by atoms with Crippen molar-refractivity contribution < 1.29 is 27.1 Å². The van der Waals surface area contributed by atoms with Crippen LogP contribution in [-0.2, 0) is 19.5 Å². The third-order valence-electron chi connectivity index (χ3n) is 2.94. The summed E-state index contributed by atoms with van der Waals surface area (Å²) in [4.78, 5) is 11.6. The normalized spacial score (nSPS) is 11.6. The van der Waals surface area contributed by atoms with Crippen molar-refractivity contribution in [3.8, 4) is 0 Å². The largest absolute Gasteiger partial charge is 0.465 e.